The summed E-state index contributed by atoms with van der Waals surface area (Å²) in [6.07, 6.45) is 0.231. The van der Waals surface area contributed by atoms with Gasteiger partial charge < -0.3 is 4.74 Å². The Labute approximate surface area is 120 Å². The molecule has 0 spiro atoms. The van der Waals surface area contributed by atoms with E-state index < -0.39 is 11.4 Å². The molecule has 5 heteroatoms. The van der Waals surface area contributed by atoms with Crippen LogP contribution < -0.4 is 0 Å². The Hall–Kier alpha value is -1.05. The molecule has 0 bridgehead atoms. The van der Waals surface area contributed by atoms with Gasteiger partial charge in [-0.3, -0.25) is 4.79 Å². The van der Waals surface area contributed by atoms with Gasteiger partial charge in [-0.1, -0.05) is 33.6 Å². The number of benzene rings is 1. The fourth-order valence-electron chi connectivity index (χ4n) is 1.49. The zero-order chi connectivity index (χ0) is 13.8. The van der Waals surface area contributed by atoms with Crippen LogP contribution in [0, 0.1) is 16.7 Å². The number of carbonyl (C=O) groups excluding carboxylic acids is 1. The second-order valence-electron chi connectivity index (χ2n) is 4.08. The van der Waals surface area contributed by atoms with Crippen LogP contribution in [0.5, 0.6) is 0 Å². The standard InChI is InChI=1S/C13H13BrClNO2/c1-3-18-12(17)13(2,8-16)7-9-4-5-10(14)6-11(9)15/h4-6H,3,7H2,1-2H3. The zero-order valence-corrected chi connectivity index (χ0v) is 12.5. The third kappa shape index (κ3) is 3.47. The molecular weight excluding hydrogens is 318 g/mol. The van der Waals surface area contributed by atoms with Crippen LogP contribution in [-0.2, 0) is 16.0 Å². The minimum atomic E-state index is -1.21. The summed E-state index contributed by atoms with van der Waals surface area (Å²) in [6.45, 7) is 3.52. The lowest BCUT2D eigenvalue weighted by molar-refractivity contribution is -0.151. The van der Waals surface area contributed by atoms with E-state index in [9.17, 15) is 10.1 Å². The molecule has 0 saturated heterocycles. The number of hydrogen-bond donors (Lipinski definition) is 0. The van der Waals surface area contributed by atoms with Crippen molar-refractivity contribution >= 4 is 33.5 Å². The lowest BCUT2D eigenvalue weighted by Gasteiger charge is -2.20. The van der Waals surface area contributed by atoms with Crippen LogP contribution in [0.25, 0.3) is 0 Å². The third-order valence-corrected chi connectivity index (χ3v) is 3.38. The van der Waals surface area contributed by atoms with Gasteiger partial charge in [0.1, 0.15) is 0 Å². The van der Waals surface area contributed by atoms with Gasteiger partial charge in [0.15, 0.2) is 5.41 Å². The summed E-state index contributed by atoms with van der Waals surface area (Å²) < 4.78 is 5.77. The molecule has 1 aromatic rings. The molecule has 0 radical (unpaired) electrons. The van der Waals surface area contributed by atoms with Crippen molar-refractivity contribution in [3.63, 3.8) is 0 Å². The minimum Gasteiger partial charge on any atom is -0.465 e. The third-order valence-electron chi connectivity index (χ3n) is 2.53. The van der Waals surface area contributed by atoms with E-state index in [-0.39, 0.29) is 13.0 Å². The molecule has 18 heavy (non-hydrogen) atoms. The van der Waals surface area contributed by atoms with E-state index in [1.54, 1.807) is 26.0 Å². The monoisotopic (exact) mass is 329 g/mol. The lowest BCUT2D eigenvalue weighted by atomic mass is 9.85. The summed E-state index contributed by atoms with van der Waals surface area (Å²) in [6, 6.07) is 7.36. The topological polar surface area (TPSA) is 50.1 Å². The highest BCUT2D eigenvalue weighted by molar-refractivity contribution is 9.10. The number of nitrogens with zero attached hydrogens (tertiary/aromatic N) is 1. The van der Waals surface area contributed by atoms with E-state index in [1.165, 1.54) is 0 Å². The number of rotatable bonds is 4. The summed E-state index contributed by atoms with van der Waals surface area (Å²) >= 11 is 9.39. The van der Waals surface area contributed by atoms with Crippen molar-refractivity contribution in [3.8, 4) is 6.07 Å². The van der Waals surface area contributed by atoms with Gasteiger partial charge >= 0.3 is 5.97 Å². The average molecular weight is 331 g/mol. The Kier molecular flexibility index (Phi) is 5.18. The molecule has 0 aliphatic heterocycles. The average Bonchev–Trinajstić information content (AvgIpc) is 2.33. The first kappa shape index (κ1) is 15.0. The van der Waals surface area contributed by atoms with E-state index in [2.05, 4.69) is 15.9 Å². The molecule has 1 rings (SSSR count). The normalized spacial score (nSPS) is 13.5. The molecule has 3 nitrogen and oxygen atoms in total. The second-order valence-corrected chi connectivity index (χ2v) is 5.40. The molecule has 0 N–H and O–H groups in total. The van der Waals surface area contributed by atoms with Gasteiger partial charge in [-0.15, -0.1) is 0 Å². The van der Waals surface area contributed by atoms with E-state index in [4.69, 9.17) is 16.3 Å². The molecular formula is C13H13BrClNO2. The van der Waals surface area contributed by atoms with E-state index in [1.807, 2.05) is 12.1 Å². The summed E-state index contributed by atoms with van der Waals surface area (Å²) in [4.78, 5) is 11.8. The molecule has 0 aliphatic carbocycles. The van der Waals surface area contributed by atoms with Gasteiger partial charge in [0.25, 0.3) is 0 Å². The first-order valence-corrected chi connectivity index (χ1v) is 6.62. The van der Waals surface area contributed by atoms with Gasteiger partial charge in [-0.25, -0.2) is 0 Å². The minimum absolute atomic E-state index is 0.231. The van der Waals surface area contributed by atoms with Crippen molar-refractivity contribution in [2.45, 2.75) is 20.3 Å². The fraction of sp³-hybridized carbons (Fsp3) is 0.385. The van der Waals surface area contributed by atoms with Crippen molar-refractivity contribution in [1.82, 2.24) is 0 Å². The van der Waals surface area contributed by atoms with Crippen LogP contribution in [0.2, 0.25) is 5.02 Å². The van der Waals surface area contributed by atoms with Crippen molar-refractivity contribution in [1.29, 1.82) is 5.26 Å². The molecule has 0 fully saturated rings. The van der Waals surface area contributed by atoms with Gasteiger partial charge in [0.05, 0.1) is 12.7 Å². The maximum absolute atomic E-state index is 11.8. The molecule has 0 saturated carbocycles. The highest BCUT2D eigenvalue weighted by Crippen LogP contribution is 2.29. The van der Waals surface area contributed by atoms with Crippen LogP contribution >= 0.6 is 27.5 Å². The number of nitriles is 1. The van der Waals surface area contributed by atoms with Gasteiger partial charge in [0.2, 0.25) is 0 Å². The summed E-state index contributed by atoms with van der Waals surface area (Å²) in [5, 5.41) is 9.71. The number of carbonyl (C=O) groups is 1. The van der Waals surface area contributed by atoms with Crippen LogP contribution in [0.3, 0.4) is 0 Å². The first-order chi connectivity index (χ1) is 8.42. The Balaban J connectivity index is 2.99. The predicted octanol–water partition coefficient (Wildman–Crippen LogP) is 3.74. The van der Waals surface area contributed by atoms with E-state index >= 15 is 0 Å². The van der Waals surface area contributed by atoms with Gasteiger partial charge in [0, 0.05) is 15.9 Å². The van der Waals surface area contributed by atoms with Gasteiger partial charge in [-0.05, 0) is 31.5 Å². The summed E-state index contributed by atoms with van der Waals surface area (Å²) in [5.74, 6) is -0.522. The number of ether oxygens (including phenoxy) is 1. The van der Waals surface area contributed by atoms with Crippen molar-refractivity contribution in [3.05, 3.63) is 33.3 Å². The highest BCUT2D eigenvalue weighted by atomic mass is 79.9. The smallest absolute Gasteiger partial charge is 0.326 e. The Morgan fingerprint density at radius 1 is 1.61 bits per heavy atom. The molecule has 0 aromatic heterocycles. The number of hydrogen-bond acceptors (Lipinski definition) is 3. The molecule has 96 valence electrons. The van der Waals surface area contributed by atoms with Crippen LogP contribution in [0.4, 0.5) is 0 Å². The largest absolute Gasteiger partial charge is 0.465 e. The number of esters is 1. The van der Waals surface area contributed by atoms with E-state index in [0.717, 1.165) is 10.0 Å². The molecule has 1 unspecified atom stereocenters. The van der Waals surface area contributed by atoms with Crippen molar-refractivity contribution in [2.75, 3.05) is 6.61 Å². The Bertz CT molecular complexity index is 498. The maximum atomic E-state index is 11.8. The Morgan fingerprint density at radius 2 is 2.28 bits per heavy atom. The number of halogens is 2. The fourth-order valence-corrected chi connectivity index (χ4v) is 2.23. The molecule has 1 aromatic carbocycles. The SMILES string of the molecule is CCOC(=O)C(C)(C#N)Cc1ccc(Br)cc1Cl. The molecule has 0 amide bonds. The highest BCUT2D eigenvalue weighted by Gasteiger charge is 2.35. The quantitative estimate of drug-likeness (QED) is 0.790. The summed E-state index contributed by atoms with van der Waals surface area (Å²) in [5.41, 5.74) is -0.468. The second kappa shape index (κ2) is 6.21. The Morgan fingerprint density at radius 3 is 2.78 bits per heavy atom. The summed E-state index contributed by atoms with van der Waals surface area (Å²) in [7, 11) is 0. The van der Waals surface area contributed by atoms with Crippen LogP contribution in [-0.4, -0.2) is 12.6 Å². The van der Waals surface area contributed by atoms with Crippen molar-refractivity contribution < 1.29 is 9.53 Å². The van der Waals surface area contributed by atoms with Crippen LogP contribution in [0.1, 0.15) is 19.4 Å². The molecule has 1 atom stereocenters. The van der Waals surface area contributed by atoms with Crippen LogP contribution in [0.15, 0.2) is 22.7 Å². The lowest BCUT2D eigenvalue weighted by Crippen LogP contribution is -2.30. The predicted molar refractivity (Wildman–Crippen MR) is 73.2 cm³/mol. The van der Waals surface area contributed by atoms with E-state index in [0.29, 0.717) is 5.02 Å². The van der Waals surface area contributed by atoms with Gasteiger partial charge in [-0.2, -0.15) is 5.26 Å². The maximum Gasteiger partial charge on any atom is 0.326 e. The molecule has 0 aliphatic rings. The zero-order valence-electron chi connectivity index (χ0n) is 10.2. The van der Waals surface area contributed by atoms with Crippen molar-refractivity contribution in [2.24, 2.45) is 5.41 Å². The first-order valence-electron chi connectivity index (χ1n) is 5.45. The molecule has 0 heterocycles.